The van der Waals surface area contributed by atoms with E-state index in [1.54, 1.807) is 6.20 Å². The molecule has 6 heteroatoms. The van der Waals surface area contributed by atoms with Crippen LogP contribution >= 0.6 is 0 Å². The SMILES string of the molecule is Nc1nccnc1C(=O)N[C@H](c1cccnc1)C1CCCCC1. The van der Waals surface area contributed by atoms with Gasteiger partial charge in [-0.15, -0.1) is 0 Å². The van der Waals surface area contributed by atoms with Crippen LogP contribution in [0.3, 0.4) is 0 Å². The van der Waals surface area contributed by atoms with Crippen LogP contribution in [0, 0.1) is 5.92 Å². The maximum absolute atomic E-state index is 12.6. The molecule has 1 aliphatic rings. The van der Waals surface area contributed by atoms with Gasteiger partial charge in [0, 0.05) is 24.8 Å². The van der Waals surface area contributed by atoms with Crippen LogP contribution in [0.25, 0.3) is 0 Å². The highest BCUT2D eigenvalue weighted by Gasteiger charge is 2.28. The molecule has 6 nitrogen and oxygen atoms in total. The summed E-state index contributed by atoms with van der Waals surface area (Å²) in [4.78, 5) is 24.8. The molecule has 120 valence electrons. The summed E-state index contributed by atoms with van der Waals surface area (Å²) in [7, 11) is 0. The zero-order chi connectivity index (χ0) is 16.1. The topological polar surface area (TPSA) is 93.8 Å². The van der Waals surface area contributed by atoms with Gasteiger partial charge in [0.15, 0.2) is 11.5 Å². The molecule has 2 aromatic rings. The molecule has 2 heterocycles. The molecular weight excluding hydrogens is 290 g/mol. The van der Waals surface area contributed by atoms with Crippen molar-refractivity contribution in [2.24, 2.45) is 5.92 Å². The highest BCUT2D eigenvalue weighted by molar-refractivity contribution is 5.96. The van der Waals surface area contributed by atoms with Crippen molar-refractivity contribution in [3.63, 3.8) is 0 Å². The molecule has 1 atom stereocenters. The Labute approximate surface area is 135 Å². The zero-order valence-electron chi connectivity index (χ0n) is 13.0. The molecule has 0 aromatic carbocycles. The summed E-state index contributed by atoms with van der Waals surface area (Å²) < 4.78 is 0. The van der Waals surface area contributed by atoms with E-state index >= 15 is 0 Å². The van der Waals surface area contributed by atoms with E-state index in [4.69, 9.17) is 5.73 Å². The Hall–Kier alpha value is -2.50. The van der Waals surface area contributed by atoms with Crippen molar-refractivity contribution in [2.75, 3.05) is 5.73 Å². The number of nitrogens with one attached hydrogen (secondary N) is 1. The fraction of sp³-hybridized carbons (Fsp3) is 0.412. The first kappa shape index (κ1) is 15.4. The summed E-state index contributed by atoms with van der Waals surface area (Å²) in [5, 5.41) is 3.10. The van der Waals surface area contributed by atoms with E-state index < -0.39 is 0 Å². The van der Waals surface area contributed by atoms with Crippen LogP contribution in [0.4, 0.5) is 5.82 Å². The van der Waals surface area contributed by atoms with Crippen LogP contribution in [0.5, 0.6) is 0 Å². The number of nitrogen functional groups attached to an aromatic ring is 1. The monoisotopic (exact) mass is 311 g/mol. The Balaban J connectivity index is 1.84. The van der Waals surface area contributed by atoms with Gasteiger partial charge in [0.25, 0.3) is 5.91 Å². The molecule has 1 amide bonds. The van der Waals surface area contributed by atoms with Crippen molar-refractivity contribution in [1.29, 1.82) is 0 Å². The first-order chi connectivity index (χ1) is 11.3. The Morgan fingerprint density at radius 2 is 1.96 bits per heavy atom. The molecule has 23 heavy (non-hydrogen) atoms. The summed E-state index contributed by atoms with van der Waals surface area (Å²) in [6.45, 7) is 0. The second-order valence-corrected chi connectivity index (χ2v) is 5.93. The van der Waals surface area contributed by atoms with Gasteiger partial charge in [0.05, 0.1) is 6.04 Å². The minimum absolute atomic E-state index is 0.0714. The number of anilines is 1. The fourth-order valence-corrected chi connectivity index (χ4v) is 3.23. The minimum Gasteiger partial charge on any atom is -0.382 e. The van der Waals surface area contributed by atoms with E-state index in [9.17, 15) is 4.79 Å². The van der Waals surface area contributed by atoms with Crippen molar-refractivity contribution in [2.45, 2.75) is 38.1 Å². The number of hydrogen-bond donors (Lipinski definition) is 2. The molecule has 1 fully saturated rings. The molecule has 3 N–H and O–H groups in total. The van der Waals surface area contributed by atoms with E-state index in [0.29, 0.717) is 5.92 Å². The molecule has 0 unspecified atom stereocenters. The maximum Gasteiger partial charge on any atom is 0.274 e. The van der Waals surface area contributed by atoms with Crippen molar-refractivity contribution in [1.82, 2.24) is 20.3 Å². The van der Waals surface area contributed by atoms with Gasteiger partial charge in [-0.25, -0.2) is 9.97 Å². The number of aromatic nitrogens is 3. The van der Waals surface area contributed by atoms with Crippen LogP contribution in [0.1, 0.15) is 54.2 Å². The lowest BCUT2D eigenvalue weighted by molar-refractivity contribution is 0.0908. The van der Waals surface area contributed by atoms with Crippen LogP contribution < -0.4 is 11.1 Å². The fourth-order valence-electron chi connectivity index (χ4n) is 3.23. The minimum atomic E-state index is -0.282. The van der Waals surface area contributed by atoms with Crippen LogP contribution in [0.15, 0.2) is 36.9 Å². The van der Waals surface area contributed by atoms with E-state index in [0.717, 1.165) is 18.4 Å². The van der Waals surface area contributed by atoms with Crippen molar-refractivity contribution >= 4 is 11.7 Å². The van der Waals surface area contributed by atoms with Gasteiger partial charge in [0.1, 0.15) is 0 Å². The molecule has 0 aliphatic heterocycles. The maximum atomic E-state index is 12.6. The molecule has 0 bridgehead atoms. The predicted octanol–water partition coefficient (Wildman–Crippen LogP) is 2.51. The molecular formula is C17H21N5O. The number of amides is 1. The van der Waals surface area contributed by atoms with Crippen LogP contribution in [-0.4, -0.2) is 20.9 Å². The average molecular weight is 311 g/mol. The largest absolute Gasteiger partial charge is 0.382 e. The highest BCUT2D eigenvalue weighted by atomic mass is 16.2. The highest BCUT2D eigenvalue weighted by Crippen LogP contribution is 2.34. The van der Waals surface area contributed by atoms with E-state index in [1.165, 1.54) is 31.7 Å². The Kier molecular flexibility index (Phi) is 4.80. The Bertz CT molecular complexity index is 655. The number of carbonyl (C=O) groups excluding carboxylic acids is 1. The molecule has 1 aliphatic carbocycles. The van der Waals surface area contributed by atoms with Gasteiger partial charge in [-0.1, -0.05) is 25.3 Å². The number of rotatable bonds is 4. The summed E-state index contributed by atoms with van der Waals surface area (Å²) in [6.07, 6.45) is 12.4. The van der Waals surface area contributed by atoms with Gasteiger partial charge < -0.3 is 11.1 Å². The van der Waals surface area contributed by atoms with E-state index in [-0.39, 0.29) is 23.5 Å². The molecule has 0 saturated heterocycles. The Morgan fingerprint density at radius 1 is 1.17 bits per heavy atom. The van der Waals surface area contributed by atoms with Crippen LogP contribution in [0.2, 0.25) is 0 Å². The third-order valence-electron chi connectivity index (χ3n) is 4.39. The predicted molar refractivity (Wildman–Crippen MR) is 87.5 cm³/mol. The van der Waals surface area contributed by atoms with Gasteiger partial charge in [-0.05, 0) is 30.4 Å². The standard InChI is InChI=1S/C17H21N5O/c18-16-15(20-9-10-21-16)17(23)22-14(12-5-2-1-3-6-12)13-7-4-8-19-11-13/h4,7-12,14H,1-3,5-6H2,(H2,18,21)(H,22,23)/t14-/m0/s1. The average Bonchev–Trinajstić information content (AvgIpc) is 2.61. The quantitative estimate of drug-likeness (QED) is 0.904. The second kappa shape index (κ2) is 7.17. The van der Waals surface area contributed by atoms with Crippen molar-refractivity contribution in [3.05, 3.63) is 48.2 Å². The number of nitrogens with two attached hydrogens (primary N) is 1. The van der Waals surface area contributed by atoms with Gasteiger partial charge >= 0.3 is 0 Å². The van der Waals surface area contributed by atoms with E-state index in [2.05, 4.69) is 20.3 Å². The summed E-state index contributed by atoms with van der Waals surface area (Å²) in [5.74, 6) is 0.281. The summed E-state index contributed by atoms with van der Waals surface area (Å²) >= 11 is 0. The summed E-state index contributed by atoms with van der Waals surface area (Å²) in [6, 6.07) is 3.83. The lowest BCUT2D eigenvalue weighted by Gasteiger charge is -2.31. The number of carbonyl (C=O) groups is 1. The third-order valence-corrected chi connectivity index (χ3v) is 4.39. The van der Waals surface area contributed by atoms with E-state index in [1.807, 2.05) is 18.3 Å². The second-order valence-electron chi connectivity index (χ2n) is 5.93. The van der Waals surface area contributed by atoms with Gasteiger partial charge in [-0.3, -0.25) is 9.78 Å². The van der Waals surface area contributed by atoms with Crippen molar-refractivity contribution < 1.29 is 4.79 Å². The number of hydrogen-bond acceptors (Lipinski definition) is 5. The zero-order valence-corrected chi connectivity index (χ0v) is 13.0. The molecule has 0 spiro atoms. The summed E-state index contributed by atoms with van der Waals surface area (Å²) in [5.41, 5.74) is 6.97. The Morgan fingerprint density at radius 3 is 2.65 bits per heavy atom. The molecule has 0 radical (unpaired) electrons. The van der Waals surface area contributed by atoms with Gasteiger partial charge in [-0.2, -0.15) is 0 Å². The first-order valence-corrected chi connectivity index (χ1v) is 8.03. The third kappa shape index (κ3) is 3.64. The lowest BCUT2D eigenvalue weighted by atomic mass is 9.81. The van der Waals surface area contributed by atoms with Crippen LogP contribution in [-0.2, 0) is 0 Å². The number of pyridine rings is 1. The molecule has 2 aromatic heterocycles. The van der Waals surface area contributed by atoms with Gasteiger partial charge in [0.2, 0.25) is 0 Å². The lowest BCUT2D eigenvalue weighted by Crippen LogP contribution is -2.35. The first-order valence-electron chi connectivity index (χ1n) is 8.03. The smallest absolute Gasteiger partial charge is 0.274 e. The van der Waals surface area contributed by atoms with Crippen molar-refractivity contribution in [3.8, 4) is 0 Å². The molecule has 3 rings (SSSR count). The normalized spacial score (nSPS) is 16.7. The number of nitrogens with zero attached hydrogens (tertiary/aromatic N) is 3. The molecule has 1 saturated carbocycles.